The van der Waals surface area contributed by atoms with E-state index < -0.39 is 10.9 Å². The molecule has 1 N–H and O–H groups in total. The van der Waals surface area contributed by atoms with Crippen molar-refractivity contribution >= 4 is 29.5 Å². The molecule has 1 aromatic carbocycles. The van der Waals surface area contributed by atoms with Crippen LogP contribution >= 0.6 is 11.8 Å². The van der Waals surface area contributed by atoms with Crippen LogP contribution in [0, 0.1) is 10.1 Å². The van der Waals surface area contributed by atoms with Crippen LogP contribution in [0.1, 0.15) is 19.4 Å². The lowest BCUT2D eigenvalue weighted by atomic mass is 10.0. The van der Waals surface area contributed by atoms with Crippen LogP contribution in [0.3, 0.4) is 0 Å². The zero-order valence-electron chi connectivity index (χ0n) is 14.2. The standard InChI is InChI=1S/C16H18N4O5S/c1-16(2)15(17-9-21)19-8-12(14(19)26-16)18-25-13(22)7-10-3-5-11(6-4-10)20(23)24/h3-6,12,14-15,18H,7-8H2,1-2H3. The molecular formula is C16H18N4O5S. The van der Waals surface area contributed by atoms with Crippen molar-refractivity contribution < 1.29 is 19.3 Å². The molecule has 3 rings (SSSR count). The number of aliphatic imine (C=N–C) groups is 1. The number of nitrogens with one attached hydrogen (secondary N) is 1. The van der Waals surface area contributed by atoms with E-state index in [2.05, 4.69) is 15.4 Å². The Morgan fingerprint density at radius 3 is 2.81 bits per heavy atom. The molecule has 2 saturated heterocycles. The van der Waals surface area contributed by atoms with Crippen LogP contribution in [0.5, 0.6) is 0 Å². The molecule has 0 bridgehead atoms. The summed E-state index contributed by atoms with van der Waals surface area (Å²) in [6.45, 7) is 4.64. The molecule has 0 aliphatic carbocycles. The smallest absolute Gasteiger partial charge is 0.329 e. The van der Waals surface area contributed by atoms with Crippen LogP contribution in [-0.4, -0.2) is 50.7 Å². The Bertz CT molecular complexity index is 762. The summed E-state index contributed by atoms with van der Waals surface area (Å²) in [6, 6.07) is 5.71. The maximum atomic E-state index is 12.0. The number of carbonyl (C=O) groups excluding carboxylic acids is 2. The van der Waals surface area contributed by atoms with Gasteiger partial charge in [-0.3, -0.25) is 19.8 Å². The zero-order valence-corrected chi connectivity index (χ0v) is 15.1. The molecule has 0 aromatic heterocycles. The monoisotopic (exact) mass is 378 g/mol. The Labute approximate surface area is 153 Å². The Kier molecular flexibility index (Phi) is 5.10. The van der Waals surface area contributed by atoms with E-state index in [1.807, 2.05) is 13.8 Å². The molecule has 3 atom stereocenters. The fourth-order valence-corrected chi connectivity index (χ4v) is 4.70. The average Bonchev–Trinajstić information content (AvgIpc) is 2.77. The van der Waals surface area contributed by atoms with Gasteiger partial charge in [0.15, 0.2) is 0 Å². The number of thioether (sulfide) groups is 1. The van der Waals surface area contributed by atoms with Crippen LogP contribution in [0.4, 0.5) is 5.69 Å². The van der Waals surface area contributed by atoms with Gasteiger partial charge in [0.2, 0.25) is 6.08 Å². The van der Waals surface area contributed by atoms with Gasteiger partial charge in [-0.15, -0.1) is 17.2 Å². The van der Waals surface area contributed by atoms with Crippen molar-refractivity contribution in [3.63, 3.8) is 0 Å². The fourth-order valence-electron chi connectivity index (χ4n) is 3.13. The first-order valence-electron chi connectivity index (χ1n) is 8.01. The lowest BCUT2D eigenvalue weighted by Crippen LogP contribution is -2.64. The Balaban J connectivity index is 1.49. The number of hydrogen-bond acceptors (Lipinski definition) is 9. The largest absolute Gasteiger partial charge is 0.370 e. The molecule has 3 unspecified atom stereocenters. The Morgan fingerprint density at radius 2 is 2.19 bits per heavy atom. The van der Waals surface area contributed by atoms with E-state index in [-0.39, 0.29) is 34.4 Å². The fraction of sp³-hybridized carbons (Fsp3) is 0.500. The normalized spacial score (nSPS) is 26.3. The number of hydrogen-bond donors (Lipinski definition) is 1. The molecule has 138 valence electrons. The second-order valence-electron chi connectivity index (χ2n) is 6.70. The second-order valence-corrected chi connectivity index (χ2v) is 8.47. The number of non-ortho nitro benzene ring substituents is 1. The summed E-state index contributed by atoms with van der Waals surface area (Å²) >= 11 is 1.67. The molecule has 2 fully saturated rings. The van der Waals surface area contributed by atoms with Crippen molar-refractivity contribution in [2.75, 3.05) is 6.54 Å². The molecule has 26 heavy (non-hydrogen) atoms. The van der Waals surface area contributed by atoms with Gasteiger partial charge in [-0.25, -0.2) is 4.79 Å². The van der Waals surface area contributed by atoms with Gasteiger partial charge in [-0.2, -0.15) is 4.99 Å². The highest BCUT2D eigenvalue weighted by Crippen LogP contribution is 2.50. The van der Waals surface area contributed by atoms with Crippen molar-refractivity contribution in [1.82, 2.24) is 10.4 Å². The maximum absolute atomic E-state index is 12.0. The molecule has 0 saturated carbocycles. The molecule has 0 radical (unpaired) electrons. The number of benzene rings is 1. The topological polar surface area (TPSA) is 114 Å². The van der Waals surface area contributed by atoms with E-state index in [9.17, 15) is 19.7 Å². The number of rotatable bonds is 6. The first-order chi connectivity index (χ1) is 12.3. The number of carbonyl (C=O) groups is 1. The van der Waals surface area contributed by atoms with Gasteiger partial charge in [0.1, 0.15) is 6.17 Å². The minimum Gasteiger partial charge on any atom is -0.370 e. The molecule has 9 nitrogen and oxygen atoms in total. The van der Waals surface area contributed by atoms with Crippen LogP contribution < -0.4 is 5.48 Å². The van der Waals surface area contributed by atoms with Gasteiger partial charge in [0.25, 0.3) is 5.69 Å². The van der Waals surface area contributed by atoms with Crippen molar-refractivity contribution in [1.29, 1.82) is 0 Å². The van der Waals surface area contributed by atoms with Gasteiger partial charge < -0.3 is 4.84 Å². The summed E-state index contributed by atoms with van der Waals surface area (Å²) in [5.41, 5.74) is 3.39. The molecule has 2 aliphatic rings. The highest BCUT2D eigenvalue weighted by atomic mass is 32.2. The number of fused-ring (bicyclic) bond motifs is 1. The van der Waals surface area contributed by atoms with E-state index in [1.165, 1.54) is 24.3 Å². The van der Waals surface area contributed by atoms with Crippen molar-refractivity contribution in [3.05, 3.63) is 39.9 Å². The number of nitrogens with zero attached hydrogens (tertiary/aromatic N) is 3. The van der Waals surface area contributed by atoms with Gasteiger partial charge in [-0.05, 0) is 19.4 Å². The number of nitro benzene ring substituents is 1. The first kappa shape index (κ1) is 18.5. The highest BCUT2D eigenvalue weighted by Gasteiger charge is 2.57. The lowest BCUT2D eigenvalue weighted by molar-refractivity contribution is -0.384. The minimum absolute atomic E-state index is 0.0167. The molecule has 2 heterocycles. The zero-order chi connectivity index (χ0) is 18.9. The maximum Gasteiger partial charge on any atom is 0.329 e. The third-order valence-electron chi connectivity index (χ3n) is 4.43. The number of nitro groups is 1. The predicted molar refractivity (Wildman–Crippen MR) is 93.9 cm³/mol. The van der Waals surface area contributed by atoms with Crippen LogP contribution in [0.2, 0.25) is 0 Å². The number of hydroxylamine groups is 1. The van der Waals surface area contributed by atoms with Crippen molar-refractivity contribution in [2.24, 2.45) is 4.99 Å². The van der Waals surface area contributed by atoms with E-state index in [0.717, 1.165) is 0 Å². The Hall–Kier alpha value is -2.26. The van der Waals surface area contributed by atoms with Crippen molar-refractivity contribution in [3.8, 4) is 0 Å². The quantitative estimate of drug-likeness (QED) is 0.342. The predicted octanol–water partition coefficient (Wildman–Crippen LogP) is 1.38. The summed E-state index contributed by atoms with van der Waals surface area (Å²) in [6.07, 6.45) is 1.41. The van der Waals surface area contributed by atoms with E-state index >= 15 is 0 Å². The summed E-state index contributed by atoms with van der Waals surface area (Å²) in [4.78, 5) is 43.8. The van der Waals surface area contributed by atoms with Gasteiger partial charge >= 0.3 is 5.97 Å². The average molecular weight is 378 g/mol. The van der Waals surface area contributed by atoms with E-state index in [1.54, 1.807) is 17.8 Å². The third kappa shape index (κ3) is 3.63. The van der Waals surface area contributed by atoms with Gasteiger partial charge in [0.05, 0.1) is 22.8 Å². The molecule has 0 amide bonds. The lowest BCUT2D eigenvalue weighted by Gasteiger charge is -2.43. The highest BCUT2D eigenvalue weighted by molar-refractivity contribution is 8.01. The Morgan fingerprint density at radius 1 is 1.50 bits per heavy atom. The molecular weight excluding hydrogens is 360 g/mol. The first-order valence-corrected chi connectivity index (χ1v) is 8.89. The number of isocyanates is 1. The van der Waals surface area contributed by atoms with E-state index in [4.69, 9.17) is 4.84 Å². The van der Waals surface area contributed by atoms with Crippen LogP contribution in [-0.2, 0) is 20.8 Å². The SMILES string of the molecule is CC1(C)SC2C(NOC(=O)Cc3ccc([N+](=O)[O-])cc3)CN2C1N=C=O. The van der Waals surface area contributed by atoms with Crippen molar-refractivity contribution in [2.45, 2.75) is 42.6 Å². The molecule has 0 spiro atoms. The van der Waals surface area contributed by atoms with Crippen LogP contribution in [0.25, 0.3) is 0 Å². The van der Waals surface area contributed by atoms with E-state index in [0.29, 0.717) is 12.1 Å². The molecule has 2 aliphatic heterocycles. The summed E-state index contributed by atoms with van der Waals surface area (Å²) in [5.74, 6) is -0.470. The van der Waals surface area contributed by atoms with Gasteiger partial charge in [-0.1, -0.05) is 12.1 Å². The molecule has 1 aromatic rings. The minimum atomic E-state index is -0.491. The molecule has 10 heteroatoms. The van der Waals surface area contributed by atoms with Gasteiger partial charge in [0, 0.05) is 23.4 Å². The summed E-state index contributed by atoms with van der Waals surface area (Å²) in [5, 5.41) is 10.7. The summed E-state index contributed by atoms with van der Waals surface area (Å²) in [7, 11) is 0. The summed E-state index contributed by atoms with van der Waals surface area (Å²) < 4.78 is -0.221. The van der Waals surface area contributed by atoms with Crippen LogP contribution in [0.15, 0.2) is 29.3 Å². The third-order valence-corrected chi connectivity index (χ3v) is 6.09. The second kappa shape index (κ2) is 7.16.